The monoisotopic (exact) mass is 276 g/mol. The van der Waals surface area contributed by atoms with Gasteiger partial charge in [0.2, 0.25) is 0 Å². The summed E-state index contributed by atoms with van der Waals surface area (Å²) < 4.78 is 5.66. The van der Waals surface area contributed by atoms with Crippen molar-refractivity contribution in [3.63, 3.8) is 0 Å². The van der Waals surface area contributed by atoms with Crippen LogP contribution in [-0.4, -0.2) is 24.5 Å². The smallest absolute Gasteiger partial charge is 0.122 e. The molecule has 0 aliphatic carbocycles. The van der Waals surface area contributed by atoms with Crippen LogP contribution < -0.4 is 5.32 Å². The summed E-state index contributed by atoms with van der Waals surface area (Å²) in [4.78, 5) is 2.46. The second-order valence-electron chi connectivity index (χ2n) is 6.61. The molecule has 3 nitrogen and oxygen atoms in total. The third-order valence-electron chi connectivity index (χ3n) is 4.03. The van der Waals surface area contributed by atoms with E-state index in [2.05, 4.69) is 50.1 Å². The second-order valence-corrected chi connectivity index (χ2v) is 6.61. The zero-order valence-corrected chi connectivity index (χ0v) is 13.3. The zero-order valence-electron chi connectivity index (χ0n) is 13.3. The van der Waals surface area contributed by atoms with E-state index in [0.29, 0.717) is 5.41 Å². The van der Waals surface area contributed by atoms with E-state index in [4.69, 9.17) is 4.42 Å². The first-order chi connectivity index (χ1) is 9.50. The van der Waals surface area contributed by atoms with E-state index < -0.39 is 0 Å². The van der Waals surface area contributed by atoms with Crippen molar-refractivity contribution in [3.8, 4) is 0 Å². The molecule has 1 aliphatic heterocycles. The molecular weight excluding hydrogens is 248 g/mol. The van der Waals surface area contributed by atoms with Crippen molar-refractivity contribution in [1.82, 2.24) is 10.2 Å². The normalized spacial score (nSPS) is 17.3. The molecule has 3 heteroatoms. The molecule has 1 aromatic heterocycles. The van der Waals surface area contributed by atoms with Crippen molar-refractivity contribution in [1.29, 1.82) is 0 Å². The molecule has 0 radical (unpaired) electrons. The van der Waals surface area contributed by atoms with Gasteiger partial charge < -0.3 is 9.73 Å². The van der Waals surface area contributed by atoms with Crippen LogP contribution in [0.4, 0.5) is 0 Å². The topological polar surface area (TPSA) is 28.4 Å². The molecule has 0 bridgehead atoms. The van der Waals surface area contributed by atoms with Crippen molar-refractivity contribution in [3.05, 3.63) is 35.3 Å². The quantitative estimate of drug-likeness (QED) is 0.833. The van der Waals surface area contributed by atoms with E-state index >= 15 is 0 Å². The Morgan fingerprint density at radius 3 is 2.75 bits per heavy atom. The molecule has 20 heavy (non-hydrogen) atoms. The molecule has 0 fully saturated rings. The van der Waals surface area contributed by atoms with Crippen LogP contribution in [0.1, 0.15) is 45.4 Å². The van der Waals surface area contributed by atoms with Crippen molar-refractivity contribution < 1.29 is 4.42 Å². The summed E-state index contributed by atoms with van der Waals surface area (Å²) in [5, 5.41) is 3.36. The van der Waals surface area contributed by atoms with Crippen LogP contribution in [-0.2, 0) is 13.1 Å². The Kier molecular flexibility index (Phi) is 5.06. The van der Waals surface area contributed by atoms with Crippen LogP contribution in [0.5, 0.6) is 0 Å². The summed E-state index contributed by atoms with van der Waals surface area (Å²) in [5.74, 6) is 1.11. The minimum absolute atomic E-state index is 0.312. The Bertz CT molecular complexity index is 454. The summed E-state index contributed by atoms with van der Waals surface area (Å²) in [6.07, 6.45) is 5.38. The summed E-state index contributed by atoms with van der Waals surface area (Å²) >= 11 is 0. The minimum atomic E-state index is 0.312. The van der Waals surface area contributed by atoms with Crippen LogP contribution in [0.15, 0.2) is 28.4 Å². The number of hydrogen-bond acceptors (Lipinski definition) is 3. The van der Waals surface area contributed by atoms with Gasteiger partial charge in [0.05, 0.1) is 12.8 Å². The highest BCUT2D eigenvalue weighted by molar-refractivity contribution is 5.19. The van der Waals surface area contributed by atoms with Gasteiger partial charge in [-0.25, -0.2) is 0 Å². The van der Waals surface area contributed by atoms with Gasteiger partial charge in [0.1, 0.15) is 5.76 Å². The van der Waals surface area contributed by atoms with E-state index in [-0.39, 0.29) is 0 Å². The number of rotatable bonds is 5. The Hall–Kier alpha value is -1.06. The molecule has 0 atom stereocenters. The van der Waals surface area contributed by atoms with E-state index in [0.717, 1.165) is 38.5 Å². The third-order valence-corrected chi connectivity index (χ3v) is 4.03. The molecule has 0 spiro atoms. The Balaban J connectivity index is 1.93. The average molecular weight is 276 g/mol. The van der Waals surface area contributed by atoms with E-state index in [1.807, 2.05) is 6.26 Å². The maximum absolute atomic E-state index is 5.66. The summed E-state index contributed by atoms with van der Waals surface area (Å²) in [5.41, 5.74) is 3.19. The van der Waals surface area contributed by atoms with Crippen LogP contribution in [0.2, 0.25) is 0 Å². The van der Waals surface area contributed by atoms with E-state index in [1.54, 1.807) is 5.57 Å². The molecule has 0 saturated carbocycles. The first-order valence-corrected chi connectivity index (χ1v) is 7.68. The molecule has 0 amide bonds. The molecule has 1 aromatic rings. The lowest BCUT2D eigenvalue weighted by Crippen LogP contribution is -2.31. The number of nitrogens with zero attached hydrogens (tertiary/aromatic N) is 1. The molecule has 112 valence electrons. The van der Waals surface area contributed by atoms with Crippen LogP contribution in [0.25, 0.3) is 0 Å². The fourth-order valence-corrected chi connectivity index (χ4v) is 2.66. The lowest BCUT2D eigenvalue weighted by Gasteiger charge is -2.31. The largest absolute Gasteiger partial charge is 0.468 e. The van der Waals surface area contributed by atoms with Crippen molar-refractivity contribution in [2.45, 2.75) is 47.2 Å². The lowest BCUT2D eigenvalue weighted by molar-refractivity contribution is 0.249. The van der Waals surface area contributed by atoms with Crippen molar-refractivity contribution >= 4 is 0 Å². The third kappa shape index (κ3) is 3.97. The van der Waals surface area contributed by atoms with Crippen LogP contribution >= 0.6 is 0 Å². The predicted octanol–water partition coefficient (Wildman–Crippen LogP) is 3.57. The lowest BCUT2D eigenvalue weighted by atomic mass is 9.83. The SMILES string of the molecule is CCNCc1ccoc1CN1CC=C(C(C)(C)C)CC1. The second kappa shape index (κ2) is 6.59. The van der Waals surface area contributed by atoms with E-state index in [9.17, 15) is 0 Å². The molecule has 0 unspecified atom stereocenters. The maximum Gasteiger partial charge on any atom is 0.122 e. The van der Waals surface area contributed by atoms with Crippen molar-refractivity contribution in [2.75, 3.05) is 19.6 Å². The first-order valence-electron chi connectivity index (χ1n) is 7.68. The summed E-state index contributed by atoms with van der Waals surface area (Å²) in [6, 6.07) is 2.08. The fourth-order valence-electron chi connectivity index (χ4n) is 2.66. The van der Waals surface area contributed by atoms with Gasteiger partial charge in [-0.2, -0.15) is 0 Å². The highest BCUT2D eigenvalue weighted by Crippen LogP contribution is 2.30. The molecule has 0 saturated heterocycles. The predicted molar refractivity (Wildman–Crippen MR) is 83.5 cm³/mol. The number of nitrogens with one attached hydrogen (secondary N) is 1. The summed E-state index contributed by atoms with van der Waals surface area (Å²) in [6.45, 7) is 14.0. The molecule has 2 heterocycles. The Morgan fingerprint density at radius 2 is 2.15 bits per heavy atom. The van der Waals surface area contributed by atoms with Gasteiger partial charge in [0.15, 0.2) is 0 Å². The average Bonchev–Trinajstić information content (AvgIpc) is 2.83. The van der Waals surface area contributed by atoms with Gasteiger partial charge >= 0.3 is 0 Å². The zero-order chi connectivity index (χ0) is 14.6. The Morgan fingerprint density at radius 1 is 1.35 bits per heavy atom. The number of furan rings is 1. The van der Waals surface area contributed by atoms with Gasteiger partial charge in [-0.3, -0.25) is 4.90 Å². The minimum Gasteiger partial charge on any atom is -0.468 e. The highest BCUT2D eigenvalue weighted by Gasteiger charge is 2.22. The van der Waals surface area contributed by atoms with Gasteiger partial charge in [0.25, 0.3) is 0 Å². The number of hydrogen-bond donors (Lipinski definition) is 1. The molecule has 1 N–H and O–H groups in total. The summed E-state index contributed by atoms with van der Waals surface area (Å²) in [7, 11) is 0. The van der Waals surface area contributed by atoms with Gasteiger partial charge in [-0.15, -0.1) is 0 Å². The molecule has 1 aliphatic rings. The van der Waals surface area contributed by atoms with Gasteiger partial charge in [-0.1, -0.05) is 39.3 Å². The van der Waals surface area contributed by atoms with Gasteiger partial charge in [-0.05, 0) is 24.4 Å². The van der Waals surface area contributed by atoms with Crippen LogP contribution in [0.3, 0.4) is 0 Å². The first kappa shape index (κ1) is 15.3. The highest BCUT2D eigenvalue weighted by atomic mass is 16.3. The molecule has 2 rings (SSSR count). The fraction of sp³-hybridized carbons (Fsp3) is 0.647. The Labute approximate surface area is 123 Å². The van der Waals surface area contributed by atoms with Crippen LogP contribution in [0, 0.1) is 5.41 Å². The van der Waals surface area contributed by atoms with E-state index in [1.165, 1.54) is 12.0 Å². The maximum atomic E-state index is 5.66. The molecular formula is C17H28N2O. The van der Waals surface area contributed by atoms with Gasteiger partial charge in [0, 0.05) is 25.2 Å². The molecule has 0 aromatic carbocycles. The van der Waals surface area contributed by atoms with Crippen molar-refractivity contribution in [2.24, 2.45) is 5.41 Å². The standard InChI is InChI=1S/C17H28N2O/c1-5-18-12-14-8-11-20-16(14)13-19-9-6-15(7-10-19)17(2,3)4/h6,8,11,18H,5,7,9-10,12-13H2,1-4H3.